The third-order valence-electron chi connectivity index (χ3n) is 1.75. The van der Waals surface area contributed by atoms with Crippen LogP contribution in [0.5, 0.6) is 0 Å². The summed E-state index contributed by atoms with van der Waals surface area (Å²) in [4.78, 5) is -0.0577. The molecule has 0 aromatic carbocycles. The zero-order chi connectivity index (χ0) is 8.48. The average molecular weight is 256 g/mol. The molecule has 0 unspecified atom stereocenters. The van der Waals surface area contributed by atoms with Gasteiger partial charge in [0.15, 0.2) is 0 Å². The fraction of sp³-hybridized carbons (Fsp3) is 0.500. The third-order valence-corrected chi connectivity index (χ3v) is 3.30. The van der Waals surface area contributed by atoms with Gasteiger partial charge in [-0.1, -0.05) is 40.2 Å². The maximum atomic E-state index is 5.79. The Morgan fingerprint density at radius 1 is 1.36 bits per heavy atom. The summed E-state index contributed by atoms with van der Waals surface area (Å²) in [7, 11) is 0. The van der Waals surface area contributed by atoms with Crippen molar-refractivity contribution in [2.24, 2.45) is 5.41 Å². The van der Waals surface area contributed by atoms with Crippen molar-refractivity contribution in [3.05, 3.63) is 24.3 Å². The van der Waals surface area contributed by atoms with Gasteiger partial charge in [0.2, 0.25) is 0 Å². The first-order chi connectivity index (χ1) is 5.04. The quantitative estimate of drug-likeness (QED) is 0.495. The Morgan fingerprint density at radius 2 is 1.82 bits per heavy atom. The molecule has 0 fully saturated rings. The van der Waals surface area contributed by atoms with E-state index in [0.717, 1.165) is 0 Å². The summed E-state index contributed by atoms with van der Waals surface area (Å²) < 4.78 is 0. The van der Waals surface area contributed by atoms with Crippen LogP contribution in [-0.2, 0) is 0 Å². The molecular formula is C8H9BrCl2. The van der Waals surface area contributed by atoms with Crippen molar-refractivity contribution in [1.29, 1.82) is 0 Å². The molecule has 1 rings (SSSR count). The predicted octanol–water partition coefficient (Wildman–Crippen LogP) is 3.69. The van der Waals surface area contributed by atoms with Gasteiger partial charge in [-0.3, -0.25) is 0 Å². The Bertz CT molecular complexity index is 182. The van der Waals surface area contributed by atoms with Crippen LogP contribution in [0, 0.1) is 5.41 Å². The molecule has 0 aromatic heterocycles. The molecule has 0 aliphatic heterocycles. The maximum absolute atomic E-state index is 5.79. The van der Waals surface area contributed by atoms with Crippen molar-refractivity contribution >= 4 is 39.1 Å². The standard InChI is InChI=1S/C8H9BrCl2/c1-8(7(10)11)4-2-6(9)3-5-8/h2-7H,1H3. The van der Waals surface area contributed by atoms with Gasteiger partial charge in [-0.05, 0) is 6.92 Å². The number of halogens is 3. The third kappa shape index (κ3) is 2.24. The van der Waals surface area contributed by atoms with Crippen molar-refractivity contribution in [2.45, 2.75) is 16.6 Å². The first-order valence-electron chi connectivity index (χ1n) is 3.35. The Balaban J connectivity index is 2.77. The topological polar surface area (TPSA) is 0 Å². The molecule has 3 heteroatoms. The SMILES string of the molecule is CC1(C(Cl)Cl)C=CC(Br)C=C1. The van der Waals surface area contributed by atoms with Gasteiger partial charge in [0, 0.05) is 5.41 Å². The fourth-order valence-electron chi connectivity index (χ4n) is 0.864. The molecule has 0 saturated carbocycles. The fourth-order valence-corrected chi connectivity index (χ4v) is 1.46. The second-order valence-electron chi connectivity index (χ2n) is 2.83. The van der Waals surface area contributed by atoms with E-state index in [1.54, 1.807) is 0 Å². The van der Waals surface area contributed by atoms with Crippen LogP contribution < -0.4 is 0 Å². The molecule has 62 valence electrons. The molecule has 0 amide bonds. The molecule has 1 aliphatic rings. The molecule has 0 radical (unpaired) electrons. The van der Waals surface area contributed by atoms with Crippen LogP contribution in [0.3, 0.4) is 0 Å². The van der Waals surface area contributed by atoms with E-state index in [2.05, 4.69) is 15.9 Å². The van der Waals surface area contributed by atoms with E-state index in [4.69, 9.17) is 23.2 Å². The Kier molecular flexibility index (Phi) is 3.07. The predicted molar refractivity (Wildman–Crippen MR) is 54.6 cm³/mol. The molecule has 11 heavy (non-hydrogen) atoms. The number of alkyl halides is 3. The van der Waals surface area contributed by atoms with Crippen LogP contribution in [0.2, 0.25) is 0 Å². The molecule has 0 heterocycles. The van der Waals surface area contributed by atoms with Crippen LogP contribution in [0.25, 0.3) is 0 Å². The van der Waals surface area contributed by atoms with E-state index in [9.17, 15) is 0 Å². The van der Waals surface area contributed by atoms with Crippen molar-refractivity contribution in [3.8, 4) is 0 Å². The van der Waals surface area contributed by atoms with Crippen LogP contribution >= 0.6 is 39.1 Å². The molecule has 0 atom stereocenters. The molecule has 0 saturated heterocycles. The Hall–Kier alpha value is 0.540. The lowest BCUT2D eigenvalue weighted by Crippen LogP contribution is -2.21. The van der Waals surface area contributed by atoms with Crippen molar-refractivity contribution < 1.29 is 0 Å². The van der Waals surface area contributed by atoms with Crippen molar-refractivity contribution in [2.75, 3.05) is 0 Å². The van der Waals surface area contributed by atoms with E-state index in [0.29, 0.717) is 4.83 Å². The van der Waals surface area contributed by atoms with E-state index in [1.165, 1.54) is 0 Å². The van der Waals surface area contributed by atoms with Crippen molar-refractivity contribution in [1.82, 2.24) is 0 Å². The van der Waals surface area contributed by atoms with Gasteiger partial charge in [-0.25, -0.2) is 0 Å². The van der Waals surface area contributed by atoms with E-state index < -0.39 is 0 Å². The molecule has 0 spiro atoms. The highest BCUT2D eigenvalue weighted by Crippen LogP contribution is 2.35. The molecule has 0 nitrogen and oxygen atoms in total. The van der Waals surface area contributed by atoms with Gasteiger partial charge in [0.25, 0.3) is 0 Å². The summed E-state index contributed by atoms with van der Waals surface area (Å²) in [5, 5.41) is 0. The number of rotatable bonds is 1. The van der Waals surface area contributed by atoms with Gasteiger partial charge in [0.1, 0.15) is 4.84 Å². The lowest BCUT2D eigenvalue weighted by atomic mass is 9.88. The Morgan fingerprint density at radius 3 is 2.18 bits per heavy atom. The zero-order valence-electron chi connectivity index (χ0n) is 6.10. The summed E-state index contributed by atoms with van der Waals surface area (Å²) in [6.45, 7) is 2.00. The smallest absolute Gasteiger partial charge is 0.104 e. The Labute approximate surface area is 85.4 Å². The molecule has 0 aromatic rings. The van der Waals surface area contributed by atoms with Crippen LogP contribution in [0.15, 0.2) is 24.3 Å². The van der Waals surface area contributed by atoms with Crippen molar-refractivity contribution in [3.63, 3.8) is 0 Å². The molecular weight excluding hydrogens is 247 g/mol. The summed E-state index contributed by atoms with van der Waals surface area (Å²) in [5.41, 5.74) is -0.201. The number of hydrogen-bond acceptors (Lipinski definition) is 0. The highest BCUT2D eigenvalue weighted by atomic mass is 79.9. The lowest BCUT2D eigenvalue weighted by molar-refractivity contribution is 0.592. The van der Waals surface area contributed by atoms with Gasteiger partial charge in [0.05, 0.1) is 4.83 Å². The molecule has 0 bridgehead atoms. The summed E-state index contributed by atoms with van der Waals surface area (Å²) >= 11 is 15.0. The van der Waals surface area contributed by atoms with E-state index in [1.807, 2.05) is 31.2 Å². The largest absolute Gasteiger partial charge is 0.120 e. The second kappa shape index (κ2) is 3.51. The number of allylic oxidation sites excluding steroid dienone is 4. The summed E-state index contributed by atoms with van der Waals surface area (Å²) in [5.74, 6) is 0. The van der Waals surface area contributed by atoms with Crippen LogP contribution in [-0.4, -0.2) is 9.66 Å². The first-order valence-corrected chi connectivity index (χ1v) is 5.14. The maximum Gasteiger partial charge on any atom is 0.120 e. The van der Waals surface area contributed by atoms with Gasteiger partial charge in [-0.15, -0.1) is 23.2 Å². The average Bonchev–Trinajstić information content (AvgIpc) is 1.95. The minimum Gasteiger partial charge on any atom is -0.104 e. The number of hydrogen-bond donors (Lipinski definition) is 0. The highest BCUT2D eigenvalue weighted by molar-refractivity contribution is 9.09. The first kappa shape index (κ1) is 9.63. The van der Waals surface area contributed by atoms with Gasteiger partial charge >= 0.3 is 0 Å². The zero-order valence-corrected chi connectivity index (χ0v) is 9.20. The van der Waals surface area contributed by atoms with E-state index >= 15 is 0 Å². The van der Waals surface area contributed by atoms with Crippen LogP contribution in [0.4, 0.5) is 0 Å². The summed E-state index contributed by atoms with van der Waals surface area (Å²) in [6, 6.07) is 0. The van der Waals surface area contributed by atoms with Crippen LogP contribution in [0.1, 0.15) is 6.92 Å². The minimum atomic E-state index is -0.380. The molecule has 1 aliphatic carbocycles. The summed E-state index contributed by atoms with van der Waals surface area (Å²) in [6.07, 6.45) is 8.13. The normalized spacial score (nSPS) is 36.6. The highest BCUT2D eigenvalue weighted by Gasteiger charge is 2.27. The second-order valence-corrected chi connectivity index (χ2v) is 4.98. The monoisotopic (exact) mass is 254 g/mol. The van der Waals surface area contributed by atoms with E-state index in [-0.39, 0.29) is 10.3 Å². The molecule has 0 N–H and O–H groups in total. The minimum absolute atomic E-state index is 0.201. The van der Waals surface area contributed by atoms with Gasteiger partial charge < -0.3 is 0 Å². The lowest BCUT2D eigenvalue weighted by Gasteiger charge is -2.26. The van der Waals surface area contributed by atoms with Gasteiger partial charge in [-0.2, -0.15) is 0 Å².